The number of hydrogen-bond acceptors (Lipinski definition) is 6. The lowest BCUT2D eigenvalue weighted by atomic mass is 10.0. The van der Waals surface area contributed by atoms with Gasteiger partial charge in [-0.15, -0.1) is 0 Å². The third kappa shape index (κ3) is 6.74. The molecule has 25 heavy (non-hydrogen) atoms. The Bertz CT molecular complexity index is 605. The van der Waals surface area contributed by atoms with Gasteiger partial charge in [0, 0.05) is 18.4 Å². The fraction of sp³-hybridized carbons (Fsp3) is 0.444. The number of aryl methyl sites for hydroxylation is 1. The van der Waals surface area contributed by atoms with Gasteiger partial charge < -0.3 is 14.8 Å². The maximum atomic E-state index is 12.1. The number of carbonyl (C=O) groups is 4. The van der Waals surface area contributed by atoms with Crippen molar-refractivity contribution in [2.24, 2.45) is 0 Å². The predicted molar refractivity (Wildman–Crippen MR) is 89.9 cm³/mol. The molecule has 0 spiro atoms. The van der Waals surface area contributed by atoms with Crippen LogP contribution < -0.4 is 5.32 Å². The van der Waals surface area contributed by atoms with Crippen molar-refractivity contribution in [3.63, 3.8) is 0 Å². The first-order chi connectivity index (χ1) is 11.9. The molecule has 1 rings (SSSR count). The number of nitrogens with one attached hydrogen (secondary N) is 1. The van der Waals surface area contributed by atoms with Crippen molar-refractivity contribution in [2.75, 3.05) is 13.2 Å². The van der Waals surface area contributed by atoms with Crippen molar-refractivity contribution in [2.45, 2.75) is 39.7 Å². The number of amides is 1. The Balaban J connectivity index is 2.61. The number of rotatable bonds is 9. The van der Waals surface area contributed by atoms with Crippen LogP contribution in [0.25, 0.3) is 0 Å². The summed E-state index contributed by atoms with van der Waals surface area (Å²) in [4.78, 5) is 47.6. The standard InChI is InChI=1S/C18H23NO6/c1-4-24-17(22)16(18(23)25-5-2)19-15(21)11-10-14(20)13-8-6-12(3)7-9-13/h6-9,16H,4-5,10-11H2,1-3H3,(H,19,21). The maximum absolute atomic E-state index is 12.1. The topological polar surface area (TPSA) is 98.8 Å². The van der Waals surface area contributed by atoms with Gasteiger partial charge in [-0.05, 0) is 20.8 Å². The maximum Gasteiger partial charge on any atom is 0.340 e. The molecule has 0 unspecified atom stereocenters. The molecule has 0 atom stereocenters. The summed E-state index contributed by atoms with van der Waals surface area (Å²) in [5, 5.41) is 2.26. The second kappa shape index (κ2) is 10.2. The summed E-state index contributed by atoms with van der Waals surface area (Å²) in [6.07, 6.45) is -0.185. The quantitative estimate of drug-likeness (QED) is 0.413. The third-order valence-corrected chi connectivity index (χ3v) is 3.30. The zero-order chi connectivity index (χ0) is 18.8. The highest BCUT2D eigenvalue weighted by atomic mass is 16.6. The molecule has 7 heteroatoms. The summed E-state index contributed by atoms with van der Waals surface area (Å²) in [5.41, 5.74) is 1.53. The number of benzene rings is 1. The highest BCUT2D eigenvalue weighted by Gasteiger charge is 2.31. The molecule has 1 amide bonds. The van der Waals surface area contributed by atoms with Crippen molar-refractivity contribution in [3.05, 3.63) is 35.4 Å². The fourth-order valence-corrected chi connectivity index (χ4v) is 2.01. The number of hydrogen-bond donors (Lipinski definition) is 1. The first-order valence-corrected chi connectivity index (χ1v) is 8.11. The second-order valence-electron chi connectivity index (χ2n) is 5.29. The van der Waals surface area contributed by atoms with E-state index < -0.39 is 23.9 Å². The molecule has 0 saturated carbocycles. The Morgan fingerprint density at radius 3 is 1.92 bits per heavy atom. The number of esters is 2. The van der Waals surface area contributed by atoms with Gasteiger partial charge in [-0.1, -0.05) is 29.8 Å². The smallest absolute Gasteiger partial charge is 0.340 e. The van der Waals surface area contributed by atoms with Crippen molar-refractivity contribution < 1.29 is 28.7 Å². The van der Waals surface area contributed by atoms with Crippen LogP contribution in [0.2, 0.25) is 0 Å². The summed E-state index contributed by atoms with van der Waals surface area (Å²) in [5.74, 6) is -2.58. The first-order valence-electron chi connectivity index (χ1n) is 8.11. The van der Waals surface area contributed by atoms with Gasteiger partial charge >= 0.3 is 11.9 Å². The molecule has 1 aromatic carbocycles. The largest absolute Gasteiger partial charge is 0.464 e. The van der Waals surface area contributed by atoms with Crippen LogP contribution in [0, 0.1) is 6.92 Å². The van der Waals surface area contributed by atoms with Gasteiger partial charge in [0.1, 0.15) is 0 Å². The van der Waals surface area contributed by atoms with Crippen LogP contribution in [0.3, 0.4) is 0 Å². The molecule has 0 heterocycles. The van der Waals surface area contributed by atoms with E-state index in [9.17, 15) is 19.2 Å². The number of ether oxygens (including phenoxy) is 2. The average Bonchev–Trinajstić information content (AvgIpc) is 2.58. The van der Waals surface area contributed by atoms with E-state index in [0.717, 1.165) is 5.56 Å². The SMILES string of the molecule is CCOC(=O)C(NC(=O)CCC(=O)c1ccc(C)cc1)C(=O)OCC. The van der Waals surface area contributed by atoms with Crippen LogP contribution in [0.5, 0.6) is 0 Å². The second-order valence-corrected chi connectivity index (χ2v) is 5.29. The predicted octanol–water partition coefficient (Wildman–Crippen LogP) is 1.57. The monoisotopic (exact) mass is 349 g/mol. The summed E-state index contributed by atoms with van der Waals surface area (Å²) >= 11 is 0. The minimum Gasteiger partial charge on any atom is -0.464 e. The number of carbonyl (C=O) groups excluding carboxylic acids is 4. The molecule has 0 aliphatic carbocycles. The molecule has 136 valence electrons. The fourth-order valence-electron chi connectivity index (χ4n) is 2.01. The average molecular weight is 349 g/mol. The van der Waals surface area contributed by atoms with E-state index in [2.05, 4.69) is 5.32 Å². The van der Waals surface area contributed by atoms with Crippen molar-refractivity contribution >= 4 is 23.6 Å². The van der Waals surface area contributed by atoms with Crippen LogP contribution in [0.15, 0.2) is 24.3 Å². The molecule has 0 aliphatic rings. The van der Waals surface area contributed by atoms with Crippen LogP contribution in [0.1, 0.15) is 42.6 Å². The zero-order valence-electron chi connectivity index (χ0n) is 14.7. The lowest BCUT2D eigenvalue weighted by molar-refractivity contribution is -0.159. The van der Waals surface area contributed by atoms with Gasteiger partial charge in [0.25, 0.3) is 0 Å². The normalized spacial score (nSPS) is 10.2. The van der Waals surface area contributed by atoms with Gasteiger partial charge in [0.15, 0.2) is 5.78 Å². The number of ketones is 1. The first kappa shape index (κ1) is 20.3. The van der Waals surface area contributed by atoms with Gasteiger partial charge in [0.05, 0.1) is 13.2 Å². The summed E-state index contributed by atoms with van der Waals surface area (Å²) < 4.78 is 9.51. The van der Waals surface area contributed by atoms with E-state index in [1.54, 1.807) is 26.0 Å². The van der Waals surface area contributed by atoms with Gasteiger partial charge in [-0.25, -0.2) is 9.59 Å². The van der Waals surface area contributed by atoms with E-state index >= 15 is 0 Å². The van der Waals surface area contributed by atoms with E-state index in [-0.39, 0.29) is 31.8 Å². The molecule has 1 N–H and O–H groups in total. The summed E-state index contributed by atoms with van der Waals surface area (Å²) in [6, 6.07) is 5.47. The molecule has 0 bridgehead atoms. The molecule has 0 fully saturated rings. The van der Waals surface area contributed by atoms with Crippen LogP contribution in [-0.4, -0.2) is 42.9 Å². The minimum atomic E-state index is -1.53. The molecule has 0 aromatic heterocycles. The van der Waals surface area contributed by atoms with Gasteiger partial charge in [0.2, 0.25) is 11.9 Å². The molecule has 1 aromatic rings. The van der Waals surface area contributed by atoms with Crippen LogP contribution in [-0.2, 0) is 23.9 Å². The Morgan fingerprint density at radius 2 is 1.44 bits per heavy atom. The van der Waals surface area contributed by atoms with E-state index in [0.29, 0.717) is 5.56 Å². The van der Waals surface area contributed by atoms with E-state index in [1.807, 2.05) is 19.1 Å². The molecular formula is C18H23NO6. The van der Waals surface area contributed by atoms with Gasteiger partial charge in [-0.3, -0.25) is 9.59 Å². The summed E-state index contributed by atoms with van der Waals surface area (Å²) in [7, 11) is 0. The molecular weight excluding hydrogens is 326 g/mol. The zero-order valence-corrected chi connectivity index (χ0v) is 14.7. The van der Waals surface area contributed by atoms with Crippen molar-refractivity contribution in [1.29, 1.82) is 0 Å². The molecule has 0 radical (unpaired) electrons. The van der Waals surface area contributed by atoms with Crippen LogP contribution >= 0.6 is 0 Å². The Kier molecular flexibility index (Phi) is 8.32. The van der Waals surface area contributed by atoms with Crippen molar-refractivity contribution in [3.8, 4) is 0 Å². The third-order valence-electron chi connectivity index (χ3n) is 3.30. The Morgan fingerprint density at radius 1 is 0.920 bits per heavy atom. The highest BCUT2D eigenvalue weighted by molar-refractivity contribution is 6.03. The number of Topliss-reactive ketones (excluding diaryl/α,β-unsaturated/α-hetero) is 1. The van der Waals surface area contributed by atoms with Crippen LogP contribution in [0.4, 0.5) is 0 Å². The Hall–Kier alpha value is -2.70. The molecule has 0 saturated heterocycles. The minimum absolute atomic E-state index is 0.0345. The van der Waals surface area contributed by atoms with Gasteiger partial charge in [-0.2, -0.15) is 0 Å². The Labute approximate surface area is 146 Å². The lowest BCUT2D eigenvalue weighted by Crippen LogP contribution is -2.48. The molecule has 0 aliphatic heterocycles. The summed E-state index contributed by atoms with van der Waals surface area (Å²) in [6.45, 7) is 5.21. The molecule has 7 nitrogen and oxygen atoms in total. The van der Waals surface area contributed by atoms with E-state index in [4.69, 9.17) is 9.47 Å². The highest BCUT2D eigenvalue weighted by Crippen LogP contribution is 2.08. The van der Waals surface area contributed by atoms with Crippen molar-refractivity contribution in [1.82, 2.24) is 5.32 Å². The lowest BCUT2D eigenvalue weighted by Gasteiger charge is -2.15. The van der Waals surface area contributed by atoms with E-state index in [1.165, 1.54) is 0 Å².